The van der Waals surface area contributed by atoms with E-state index in [-0.39, 0.29) is 11.4 Å². The smallest absolute Gasteiger partial charge is 0.275 e. The minimum Gasteiger partial charge on any atom is -0.494 e. The van der Waals surface area contributed by atoms with Gasteiger partial charge in [-0.3, -0.25) is 20.4 Å². The van der Waals surface area contributed by atoms with Crippen molar-refractivity contribution in [2.45, 2.75) is 6.92 Å². The monoisotopic (exact) mass is 455 g/mol. The lowest BCUT2D eigenvalue weighted by molar-refractivity contribution is 0.0845. The third-order valence-corrected chi connectivity index (χ3v) is 4.29. The van der Waals surface area contributed by atoms with E-state index in [1.165, 1.54) is 6.20 Å². The first kappa shape index (κ1) is 20.3. The van der Waals surface area contributed by atoms with Crippen LogP contribution in [0.15, 0.2) is 71.3 Å². The molecule has 0 aliphatic heterocycles. The molecule has 0 atom stereocenters. The van der Waals surface area contributed by atoms with Crippen molar-refractivity contribution in [2.75, 3.05) is 6.61 Å². The van der Waals surface area contributed by atoms with Gasteiger partial charge in [-0.2, -0.15) is 0 Å². The summed E-state index contributed by atoms with van der Waals surface area (Å²) >= 11 is 3.35. The van der Waals surface area contributed by atoms with Gasteiger partial charge in [-0.1, -0.05) is 15.9 Å². The normalized spacial score (nSPS) is 10.1. The molecule has 0 fully saturated rings. The molecule has 1 aromatic heterocycles. The van der Waals surface area contributed by atoms with Gasteiger partial charge in [-0.15, -0.1) is 0 Å². The Morgan fingerprint density at radius 1 is 0.931 bits per heavy atom. The van der Waals surface area contributed by atoms with Gasteiger partial charge < -0.3 is 9.47 Å². The summed E-state index contributed by atoms with van der Waals surface area (Å²) in [6.45, 7) is 2.42. The maximum atomic E-state index is 12.5. The molecule has 2 aromatic carbocycles. The highest BCUT2D eigenvalue weighted by atomic mass is 79.9. The molecular formula is C21H18BrN3O4. The van der Waals surface area contributed by atoms with E-state index in [9.17, 15) is 9.59 Å². The molecule has 0 aliphatic rings. The van der Waals surface area contributed by atoms with Crippen LogP contribution in [-0.2, 0) is 0 Å². The number of ether oxygens (including phenoxy) is 2. The quantitative estimate of drug-likeness (QED) is 0.545. The number of amides is 2. The van der Waals surface area contributed by atoms with Crippen LogP contribution in [0.1, 0.15) is 27.6 Å². The van der Waals surface area contributed by atoms with Gasteiger partial charge in [-0.25, -0.2) is 4.98 Å². The molecule has 8 heteroatoms. The maximum Gasteiger partial charge on any atom is 0.275 e. The van der Waals surface area contributed by atoms with Gasteiger partial charge >= 0.3 is 0 Å². The summed E-state index contributed by atoms with van der Waals surface area (Å²) < 4.78 is 11.9. The summed E-state index contributed by atoms with van der Waals surface area (Å²) in [5.41, 5.74) is 5.32. The van der Waals surface area contributed by atoms with E-state index in [0.717, 1.165) is 4.47 Å². The number of nitrogens with one attached hydrogen (secondary N) is 2. The molecule has 2 N–H and O–H groups in total. The Morgan fingerprint density at radius 3 is 2.28 bits per heavy atom. The topological polar surface area (TPSA) is 89.6 Å². The number of hydrazine groups is 1. The molecule has 29 heavy (non-hydrogen) atoms. The van der Waals surface area contributed by atoms with E-state index in [0.29, 0.717) is 23.7 Å². The second-order valence-corrected chi connectivity index (χ2v) is 6.69. The summed E-state index contributed by atoms with van der Waals surface area (Å²) in [7, 11) is 0. The minimum absolute atomic E-state index is 0.127. The zero-order chi connectivity index (χ0) is 20.6. The maximum absolute atomic E-state index is 12.5. The van der Waals surface area contributed by atoms with Crippen molar-refractivity contribution in [1.82, 2.24) is 15.8 Å². The van der Waals surface area contributed by atoms with Crippen molar-refractivity contribution in [1.29, 1.82) is 0 Å². The lowest BCUT2D eigenvalue weighted by Gasteiger charge is -2.11. The molecule has 0 saturated carbocycles. The number of pyridine rings is 1. The molecule has 0 bridgehead atoms. The molecular weight excluding hydrogens is 438 g/mol. The fraction of sp³-hybridized carbons (Fsp3) is 0.0952. The third-order valence-electron chi connectivity index (χ3n) is 3.76. The first-order valence-corrected chi connectivity index (χ1v) is 9.58. The molecule has 3 aromatic rings. The van der Waals surface area contributed by atoms with Crippen molar-refractivity contribution in [3.05, 3.63) is 82.5 Å². The van der Waals surface area contributed by atoms with Crippen LogP contribution in [0, 0.1) is 0 Å². The summed E-state index contributed by atoms with van der Waals surface area (Å²) in [6.07, 6.45) is 1.52. The van der Waals surface area contributed by atoms with Crippen LogP contribution in [0.5, 0.6) is 17.4 Å². The van der Waals surface area contributed by atoms with Crippen LogP contribution in [0.4, 0.5) is 0 Å². The van der Waals surface area contributed by atoms with Gasteiger partial charge in [-0.05, 0) is 67.6 Å². The Kier molecular flexibility index (Phi) is 6.80. The number of carbonyl (C=O) groups is 2. The fourth-order valence-corrected chi connectivity index (χ4v) is 2.65. The predicted octanol–water partition coefficient (Wildman–Crippen LogP) is 4.11. The SMILES string of the molecule is CCOc1ccc(C(=O)NNC(=O)c2cccnc2Oc2ccc(Br)cc2)cc1. The minimum atomic E-state index is -0.551. The summed E-state index contributed by atoms with van der Waals surface area (Å²) in [5.74, 6) is 0.311. The number of carbonyl (C=O) groups excluding carboxylic acids is 2. The Bertz CT molecular complexity index is 992. The number of halogens is 1. The third kappa shape index (κ3) is 5.55. The number of hydrogen-bond acceptors (Lipinski definition) is 5. The first-order valence-electron chi connectivity index (χ1n) is 8.79. The van der Waals surface area contributed by atoms with Gasteiger partial charge in [0.05, 0.1) is 6.61 Å². The second-order valence-electron chi connectivity index (χ2n) is 5.78. The summed E-state index contributed by atoms with van der Waals surface area (Å²) in [4.78, 5) is 28.9. The van der Waals surface area contributed by atoms with Gasteiger partial charge in [0, 0.05) is 16.2 Å². The van der Waals surface area contributed by atoms with Crippen molar-refractivity contribution >= 4 is 27.7 Å². The molecule has 0 spiro atoms. The predicted molar refractivity (Wildman–Crippen MR) is 111 cm³/mol. The zero-order valence-electron chi connectivity index (χ0n) is 15.5. The lowest BCUT2D eigenvalue weighted by atomic mass is 10.2. The Balaban J connectivity index is 1.64. The molecule has 7 nitrogen and oxygen atoms in total. The molecule has 0 radical (unpaired) electrons. The van der Waals surface area contributed by atoms with E-state index < -0.39 is 11.8 Å². The standard InChI is InChI=1S/C21H18BrN3O4/c1-2-28-16-9-5-14(6-10-16)19(26)24-25-20(27)18-4-3-13-23-21(18)29-17-11-7-15(22)8-12-17/h3-13H,2H2,1H3,(H,24,26)(H,25,27). The van der Waals surface area contributed by atoms with Crippen molar-refractivity contribution in [2.24, 2.45) is 0 Å². The summed E-state index contributed by atoms with van der Waals surface area (Å²) in [6, 6.07) is 16.9. The molecule has 3 rings (SSSR count). The Labute approximate surface area is 176 Å². The number of rotatable bonds is 6. The highest BCUT2D eigenvalue weighted by Gasteiger charge is 2.15. The Morgan fingerprint density at radius 2 is 1.59 bits per heavy atom. The largest absolute Gasteiger partial charge is 0.494 e. The highest BCUT2D eigenvalue weighted by Crippen LogP contribution is 2.24. The average molecular weight is 456 g/mol. The number of benzene rings is 2. The van der Waals surface area contributed by atoms with Crippen LogP contribution >= 0.6 is 15.9 Å². The van der Waals surface area contributed by atoms with Crippen LogP contribution < -0.4 is 20.3 Å². The van der Waals surface area contributed by atoms with Crippen LogP contribution in [0.2, 0.25) is 0 Å². The number of nitrogens with zero attached hydrogens (tertiary/aromatic N) is 1. The van der Waals surface area contributed by atoms with Crippen LogP contribution in [0.3, 0.4) is 0 Å². The van der Waals surface area contributed by atoms with E-state index in [1.807, 2.05) is 19.1 Å². The van der Waals surface area contributed by atoms with E-state index in [4.69, 9.17) is 9.47 Å². The van der Waals surface area contributed by atoms with E-state index in [2.05, 4.69) is 31.8 Å². The van der Waals surface area contributed by atoms with Gasteiger partial charge in [0.25, 0.3) is 11.8 Å². The lowest BCUT2D eigenvalue weighted by Crippen LogP contribution is -2.41. The van der Waals surface area contributed by atoms with Gasteiger partial charge in [0.2, 0.25) is 5.88 Å². The number of hydrogen-bond donors (Lipinski definition) is 2. The highest BCUT2D eigenvalue weighted by molar-refractivity contribution is 9.10. The fourth-order valence-electron chi connectivity index (χ4n) is 2.38. The van der Waals surface area contributed by atoms with E-state index >= 15 is 0 Å². The number of aromatic nitrogens is 1. The molecule has 0 saturated heterocycles. The Hall–Kier alpha value is -3.39. The van der Waals surface area contributed by atoms with Crippen LogP contribution in [-0.4, -0.2) is 23.4 Å². The molecule has 148 valence electrons. The van der Waals surface area contributed by atoms with Crippen molar-refractivity contribution in [3.8, 4) is 17.4 Å². The van der Waals surface area contributed by atoms with Gasteiger partial charge in [0.1, 0.15) is 17.1 Å². The van der Waals surface area contributed by atoms with Crippen LogP contribution in [0.25, 0.3) is 0 Å². The van der Waals surface area contributed by atoms with Crippen molar-refractivity contribution in [3.63, 3.8) is 0 Å². The molecule has 0 aliphatic carbocycles. The summed E-state index contributed by atoms with van der Waals surface area (Å²) in [5, 5.41) is 0. The molecule has 2 amide bonds. The first-order chi connectivity index (χ1) is 14.1. The average Bonchev–Trinajstić information content (AvgIpc) is 2.74. The molecule has 1 heterocycles. The zero-order valence-corrected chi connectivity index (χ0v) is 17.1. The second kappa shape index (κ2) is 9.70. The van der Waals surface area contributed by atoms with E-state index in [1.54, 1.807) is 48.5 Å². The van der Waals surface area contributed by atoms with Crippen molar-refractivity contribution < 1.29 is 19.1 Å². The van der Waals surface area contributed by atoms with Gasteiger partial charge in [0.15, 0.2) is 0 Å². The molecule has 0 unspecified atom stereocenters.